The summed E-state index contributed by atoms with van der Waals surface area (Å²) in [6.07, 6.45) is 3.85. The highest BCUT2D eigenvalue weighted by Gasteiger charge is 2.16. The maximum absolute atomic E-state index is 10.9. The van der Waals surface area contributed by atoms with Crippen molar-refractivity contribution in [2.75, 3.05) is 13.2 Å². The molecule has 0 spiro atoms. The molecular weight excluding hydrogens is 156 g/mol. The Balaban J connectivity index is 2.03. The molecule has 0 aromatic carbocycles. The smallest absolute Gasteiger partial charge is 0.305 e. The van der Waals surface area contributed by atoms with Crippen molar-refractivity contribution in [1.82, 2.24) is 0 Å². The van der Waals surface area contributed by atoms with Crippen LogP contribution >= 0.6 is 0 Å². The topological polar surface area (TPSA) is 35.5 Å². The van der Waals surface area contributed by atoms with E-state index in [0.29, 0.717) is 19.1 Å². The number of esters is 1. The summed E-state index contributed by atoms with van der Waals surface area (Å²) in [6, 6.07) is 0. The van der Waals surface area contributed by atoms with Crippen molar-refractivity contribution < 1.29 is 14.3 Å². The maximum Gasteiger partial charge on any atom is 0.305 e. The second-order valence-corrected chi connectivity index (χ2v) is 2.98. The molecule has 0 radical (unpaired) electrons. The molecule has 0 amide bonds. The fourth-order valence-corrected chi connectivity index (χ4v) is 1.38. The van der Waals surface area contributed by atoms with E-state index in [-0.39, 0.29) is 5.97 Å². The van der Waals surface area contributed by atoms with E-state index in [1.807, 2.05) is 6.92 Å². The van der Waals surface area contributed by atoms with E-state index in [4.69, 9.17) is 9.47 Å². The zero-order chi connectivity index (χ0) is 8.81. The van der Waals surface area contributed by atoms with Gasteiger partial charge in [0.15, 0.2) is 0 Å². The molecular formula is C9H16O3. The van der Waals surface area contributed by atoms with Crippen LogP contribution < -0.4 is 0 Å². The Bertz CT molecular complexity index is 139. The molecule has 0 saturated carbocycles. The molecule has 1 heterocycles. The van der Waals surface area contributed by atoms with Gasteiger partial charge in [0.1, 0.15) is 0 Å². The van der Waals surface area contributed by atoms with Crippen LogP contribution in [0.2, 0.25) is 0 Å². The van der Waals surface area contributed by atoms with Crippen LogP contribution in [0.1, 0.15) is 32.6 Å². The monoisotopic (exact) mass is 172 g/mol. The van der Waals surface area contributed by atoms with Crippen molar-refractivity contribution in [3.05, 3.63) is 0 Å². The van der Waals surface area contributed by atoms with Gasteiger partial charge in [0.05, 0.1) is 12.7 Å². The average molecular weight is 172 g/mol. The molecule has 0 aromatic heterocycles. The lowest BCUT2D eigenvalue weighted by atomic mass is 10.1. The van der Waals surface area contributed by atoms with Gasteiger partial charge in [0, 0.05) is 13.0 Å². The van der Waals surface area contributed by atoms with Crippen molar-refractivity contribution in [1.29, 1.82) is 0 Å². The Morgan fingerprint density at radius 2 is 2.50 bits per heavy atom. The molecule has 3 nitrogen and oxygen atoms in total. The van der Waals surface area contributed by atoms with Crippen LogP contribution in [0.15, 0.2) is 0 Å². The first-order valence-corrected chi connectivity index (χ1v) is 4.60. The molecule has 0 N–H and O–H groups in total. The molecule has 0 bridgehead atoms. The van der Waals surface area contributed by atoms with Crippen LogP contribution in [0.25, 0.3) is 0 Å². The second-order valence-electron chi connectivity index (χ2n) is 2.98. The summed E-state index contributed by atoms with van der Waals surface area (Å²) < 4.78 is 10.2. The van der Waals surface area contributed by atoms with Gasteiger partial charge in [-0.1, -0.05) is 0 Å². The van der Waals surface area contributed by atoms with E-state index < -0.39 is 0 Å². The van der Waals surface area contributed by atoms with Crippen molar-refractivity contribution in [3.8, 4) is 0 Å². The van der Waals surface area contributed by atoms with Gasteiger partial charge in [-0.3, -0.25) is 4.79 Å². The van der Waals surface area contributed by atoms with Gasteiger partial charge in [-0.05, 0) is 26.2 Å². The Morgan fingerprint density at radius 3 is 3.08 bits per heavy atom. The van der Waals surface area contributed by atoms with E-state index in [2.05, 4.69) is 0 Å². The third-order valence-electron chi connectivity index (χ3n) is 2.00. The van der Waals surface area contributed by atoms with Gasteiger partial charge in [-0.25, -0.2) is 0 Å². The minimum Gasteiger partial charge on any atom is -0.466 e. The minimum absolute atomic E-state index is 0.104. The summed E-state index contributed by atoms with van der Waals surface area (Å²) in [5, 5.41) is 0. The third kappa shape index (κ3) is 3.22. The molecule has 1 rings (SSSR count). The maximum atomic E-state index is 10.9. The summed E-state index contributed by atoms with van der Waals surface area (Å²) in [6.45, 7) is 3.15. The Kier molecular flexibility index (Phi) is 4.08. The van der Waals surface area contributed by atoms with E-state index >= 15 is 0 Å². The number of hydrogen-bond donors (Lipinski definition) is 0. The van der Waals surface area contributed by atoms with E-state index in [1.165, 1.54) is 0 Å². The predicted molar refractivity (Wildman–Crippen MR) is 44.8 cm³/mol. The zero-order valence-electron chi connectivity index (χ0n) is 7.54. The van der Waals surface area contributed by atoms with Crippen LogP contribution in [-0.2, 0) is 14.3 Å². The molecule has 1 saturated heterocycles. The largest absolute Gasteiger partial charge is 0.466 e. The Labute approximate surface area is 73.0 Å². The van der Waals surface area contributed by atoms with Crippen LogP contribution in [-0.4, -0.2) is 25.3 Å². The highest BCUT2D eigenvalue weighted by molar-refractivity contribution is 5.69. The molecule has 1 aliphatic rings. The SMILES string of the molecule is CCOC(=O)CC[C@H]1CCCO1. The fourth-order valence-electron chi connectivity index (χ4n) is 1.38. The van der Waals surface area contributed by atoms with E-state index in [1.54, 1.807) is 0 Å². The van der Waals surface area contributed by atoms with Crippen molar-refractivity contribution in [3.63, 3.8) is 0 Å². The average Bonchev–Trinajstić information content (AvgIpc) is 2.53. The first-order chi connectivity index (χ1) is 5.83. The fraction of sp³-hybridized carbons (Fsp3) is 0.889. The number of ether oxygens (including phenoxy) is 2. The summed E-state index contributed by atoms with van der Waals surface area (Å²) in [7, 11) is 0. The molecule has 1 fully saturated rings. The lowest BCUT2D eigenvalue weighted by Gasteiger charge is -2.07. The molecule has 70 valence electrons. The van der Waals surface area contributed by atoms with E-state index in [0.717, 1.165) is 25.9 Å². The quantitative estimate of drug-likeness (QED) is 0.603. The lowest BCUT2D eigenvalue weighted by Crippen LogP contribution is -2.10. The van der Waals surface area contributed by atoms with Gasteiger partial charge in [-0.15, -0.1) is 0 Å². The predicted octanol–water partition coefficient (Wildman–Crippen LogP) is 1.51. The number of carbonyl (C=O) groups excluding carboxylic acids is 1. The van der Waals surface area contributed by atoms with Gasteiger partial charge < -0.3 is 9.47 Å². The summed E-state index contributed by atoms with van der Waals surface area (Å²) in [5.41, 5.74) is 0. The zero-order valence-corrected chi connectivity index (χ0v) is 7.54. The Hall–Kier alpha value is -0.570. The molecule has 12 heavy (non-hydrogen) atoms. The molecule has 3 heteroatoms. The highest BCUT2D eigenvalue weighted by Crippen LogP contribution is 2.16. The third-order valence-corrected chi connectivity index (χ3v) is 2.00. The lowest BCUT2D eigenvalue weighted by molar-refractivity contribution is -0.143. The highest BCUT2D eigenvalue weighted by atomic mass is 16.5. The van der Waals surface area contributed by atoms with Crippen molar-refractivity contribution in [2.45, 2.75) is 38.7 Å². The summed E-state index contributed by atoms with van der Waals surface area (Å²) in [4.78, 5) is 10.9. The molecule has 1 atom stereocenters. The van der Waals surface area contributed by atoms with Crippen molar-refractivity contribution in [2.24, 2.45) is 0 Å². The van der Waals surface area contributed by atoms with Crippen molar-refractivity contribution >= 4 is 5.97 Å². The first-order valence-electron chi connectivity index (χ1n) is 4.60. The summed E-state index contributed by atoms with van der Waals surface area (Å²) >= 11 is 0. The standard InChI is InChI=1S/C9H16O3/c1-2-11-9(10)6-5-8-4-3-7-12-8/h8H,2-7H2,1H3/t8-/m1/s1. The number of carbonyl (C=O) groups is 1. The summed E-state index contributed by atoms with van der Waals surface area (Å²) in [5.74, 6) is -0.104. The first kappa shape index (κ1) is 9.52. The van der Waals surface area contributed by atoms with Gasteiger partial charge >= 0.3 is 5.97 Å². The number of hydrogen-bond acceptors (Lipinski definition) is 3. The Morgan fingerprint density at radius 1 is 1.67 bits per heavy atom. The molecule has 1 aliphatic heterocycles. The number of rotatable bonds is 4. The second kappa shape index (κ2) is 5.14. The van der Waals surface area contributed by atoms with E-state index in [9.17, 15) is 4.79 Å². The normalized spacial score (nSPS) is 22.6. The van der Waals surface area contributed by atoms with Crippen LogP contribution in [0.5, 0.6) is 0 Å². The van der Waals surface area contributed by atoms with Gasteiger partial charge in [-0.2, -0.15) is 0 Å². The van der Waals surface area contributed by atoms with Crippen LogP contribution in [0, 0.1) is 0 Å². The minimum atomic E-state index is -0.104. The van der Waals surface area contributed by atoms with Gasteiger partial charge in [0.25, 0.3) is 0 Å². The van der Waals surface area contributed by atoms with Gasteiger partial charge in [0.2, 0.25) is 0 Å². The molecule has 0 unspecified atom stereocenters. The molecule has 0 aliphatic carbocycles. The van der Waals surface area contributed by atoms with Crippen LogP contribution in [0.3, 0.4) is 0 Å². The molecule has 0 aromatic rings. The van der Waals surface area contributed by atoms with Crippen LogP contribution in [0.4, 0.5) is 0 Å².